The number of pyridine rings is 1. The first-order valence-corrected chi connectivity index (χ1v) is 8.57. The molecule has 1 atom stereocenters. The van der Waals surface area contributed by atoms with Gasteiger partial charge in [-0.15, -0.1) is 0 Å². The first-order valence-electron chi connectivity index (χ1n) is 7.07. The first-order chi connectivity index (χ1) is 10.8. The molecule has 0 bridgehead atoms. The third-order valence-electron chi connectivity index (χ3n) is 3.52. The van der Waals surface area contributed by atoms with E-state index in [1.807, 2.05) is 66.7 Å². The lowest BCUT2D eigenvalue weighted by atomic mass is 9.99. The number of nitrogens with zero attached hydrogens (tertiary/aromatic N) is 2. The van der Waals surface area contributed by atoms with E-state index in [-0.39, 0.29) is 0 Å². The minimum atomic E-state index is 0.485. The number of benzene rings is 2. The molecular weight excluding hydrogens is 287 g/mol. The van der Waals surface area contributed by atoms with Gasteiger partial charge in [0.25, 0.3) is 0 Å². The van der Waals surface area contributed by atoms with Crippen LogP contribution >= 0.6 is 8.58 Å². The highest BCUT2D eigenvalue weighted by Gasteiger charge is 2.13. The molecule has 0 radical (unpaired) electrons. The second-order valence-electron chi connectivity index (χ2n) is 4.87. The van der Waals surface area contributed by atoms with Crippen LogP contribution in [0.15, 0.2) is 66.7 Å². The van der Waals surface area contributed by atoms with Crippen molar-refractivity contribution >= 4 is 14.0 Å². The molecule has 0 N–H and O–H groups in total. The molecule has 0 aliphatic rings. The highest BCUT2D eigenvalue weighted by Crippen LogP contribution is 2.28. The Hall–Kier alpha value is -2.49. The van der Waals surface area contributed by atoms with E-state index < -0.39 is 0 Å². The number of rotatable bonds is 3. The van der Waals surface area contributed by atoms with Crippen molar-refractivity contribution in [3.8, 4) is 28.5 Å². The van der Waals surface area contributed by atoms with Gasteiger partial charge in [0.15, 0.2) is 0 Å². The fraction of sp³-hybridized carbons (Fsp3) is 0.0526. The largest absolute Gasteiger partial charge is 0.247 e. The maximum atomic E-state index is 9.57. The van der Waals surface area contributed by atoms with E-state index in [2.05, 4.69) is 12.7 Å². The lowest BCUT2D eigenvalue weighted by molar-refractivity contribution is 1.35. The lowest BCUT2D eigenvalue weighted by Crippen LogP contribution is -2.09. The summed E-state index contributed by atoms with van der Waals surface area (Å²) >= 11 is 0. The Balaban J connectivity index is 2.26. The maximum Gasteiger partial charge on any atom is 0.102 e. The van der Waals surface area contributed by atoms with E-state index in [0.29, 0.717) is 14.1 Å². The first kappa shape index (κ1) is 14.4. The van der Waals surface area contributed by atoms with E-state index in [0.717, 1.165) is 27.8 Å². The van der Waals surface area contributed by atoms with Crippen LogP contribution in [0.5, 0.6) is 0 Å². The number of nitriles is 1. The molecule has 106 valence electrons. The van der Waals surface area contributed by atoms with Crippen LogP contribution in [0.4, 0.5) is 0 Å². The van der Waals surface area contributed by atoms with E-state index in [4.69, 9.17) is 4.98 Å². The van der Waals surface area contributed by atoms with Crippen molar-refractivity contribution in [2.75, 3.05) is 6.66 Å². The van der Waals surface area contributed by atoms with Crippen molar-refractivity contribution in [1.82, 2.24) is 4.98 Å². The van der Waals surface area contributed by atoms with Crippen molar-refractivity contribution in [2.24, 2.45) is 0 Å². The van der Waals surface area contributed by atoms with Crippen molar-refractivity contribution in [3.63, 3.8) is 0 Å². The summed E-state index contributed by atoms with van der Waals surface area (Å²) in [5, 5.41) is 9.57. The number of aromatic nitrogens is 1. The summed E-state index contributed by atoms with van der Waals surface area (Å²) in [6, 6.07) is 24.5. The van der Waals surface area contributed by atoms with Gasteiger partial charge in [-0.3, -0.25) is 0 Å². The van der Waals surface area contributed by atoms with Gasteiger partial charge in [-0.05, 0) is 18.3 Å². The Labute approximate surface area is 132 Å². The number of hydrogen-bond acceptors (Lipinski definition) is 2. The Bertz CT molecular complexity index is 821. The van der Waals surface area contributed by atoms with Crippen LogP contribution in [0.3, 0.4) is 0 Å². The van der Waals surface area contributed by atoms with E-state index >= 15 is 0 Å². The molecule has 1 heterocycles. The van der Waals surface area contributed by atoms with Crippen LogP contribution in [0.25, 0.3) is 22.4 Å². The van der Waals surface area contributed by atoms with Gasteiger partial charge in [-0.2, -0.15) is 5.26 Å². The standard InChI is InChI=1S/C19H15N2P/c1-22-19-17(13-20)16(14-8-4-2-5-9-14)12-18(21-19)15-10-6-3-7-11-15/h2-12,22H,1H3. The van der Waals surface area contributed by atoms with Crippen LogP contribution in [-0.4, -0.2) is 11.6 Å². The van der Waals surface area contributed by atoms with Crippen molar-refractivity contribution in [2.45, 2.75) is 0 Å². The molecule has 2 nitrogen and oxygen atoms in total. The van der Waals surface area contributed by atoms with Gasteiger partial charge in [-0.25, -0.2) is 4.98 Å². The Morgan fingerprint density at radius 1 is 0.909 bits per heavy atom. The molecule has 0 aliphatic heterocycles. The summed E-state index contributed by atoms with van der Waals surface area (Å²) in [6.07, 6.45) is 0. The molecule has 0 spiro atoms. The van der Waals surface area contributed by atoms with Gasteiger partial charge in [0, 0.05) is 11.1 Å². The highest BCUT2D eigenvalue weighted by atomic mass is 31.1. The Morgan fingerprint density at radius 3 is 2.05 bits per heavy atom. The van der Waals surface area contributed by atoms with Crippen LogP contribution in [0, 0.1) is 11.3 Å². The van der Waals surface area contributed by atoms with Crippen molar-refractivity contribution < 1.29 is 0 Å². The van der Waals surface area contributed by atoms with E-state index in [1.54, 1.807) is 0 Å². The predicted octanol–water partition coefficient (Wildman–Crippen LogP) is 4.22. The molecular formula is C19H15N2P. The zero-order valence-corrected chi connectivity index (χ0v) is 13.2. The Morgan fingerprint density at radius 2 is 1.50 bits per heavy atom. The Kier molecular flexibility index (Phi) is 4.28. The molecule has 1 aromatic heterocycles. The molecule has 0 fully saturated rings. The predicted molar refractivity (Wildman–Crippen MR) is 93.7 cm³/mol. The summed E-state index contributed by atoms with van der Waals surface area (Å²) in [5.74, 6) is 0. The molecule has 3 heteroatoms. The third kappa shape index (κ3) is 2.77. The molecule has 3 rings (SSSR count). The molecule has 3 aromatic rings. The van der Waals surface area contributed by atoms with Crippen LogP contribution < -0.4 is 5.44 Å². The van der Waals surface area contributed by atoms with Gasteiger partial charge in [0.1, 0.15) is 6.07 Å². The summed E-state index contributed by atoms with van der Waals surface area (Å²) in [7, 11) is 0.485. The zero-order chi connectivity index (χ0) is 15.4. The molecule has 0 aliphatic carbocycles. The fourth-order valence-corrected chi connectivity index (χ4v) is 3.11. The van der Waals surface area contributed by atoms with Crippen molar-refractivity contribution in [1.29, 1.82) is 5.26 Å². The van der Waals surface area contributed by atoms with Crippen molar-refractivity contribution in [3.05, 3.63) is 72.3 Å². The van der Waals surface area contributed by atoms with Gasteiger partial charge in [-0.1, -0.05) is 69.2 Å². The average Bonchev–Trinajstić information content (AvgIpc) is 2.62. The molecule has 1 unspecified atom stereocenters. The van der Waals surface area contributed by atoms with Gasteiger partial charge in [0.2, 0.25) is 0 Å². The van der Waals surface area contributed by atoms with Gasteiger partial charge >= 0.3 is 0 Å². The summed E-state index contributed by atoms with van der Waals surface area (Å²) in [6.45, 7) is 2.06. The van der Waals surface area contributed by atoms with Crippen LogP contribution in [0.1, 0.15) is 5.56 Å². The lowest BCUT2D eigenvalue weighted by Gasteiger charge is -2.11. The second-order valence-corrected chi connectivity index (χ2v) is 5.85. The van der Waals surface area contributed by atoms with Gasteiger partial charge < -0.3 is 0 Å². The molecule has 0 saturated carbocycles. The second kappa shape index (κ2) is 6.52. The van der Waals surface area contributed by atoms with Gasteiger partial charge in [0.05, 0.1) is 16.7 Å². The smallest absolute Gasteiger partial charge is 0.102 e. The maximum absolute atomic E-state index is 9.57. The summed E-state index contributed by atoms with van der Waals surface area (Å²) in [5.41, 5.74) is 5.57. The molecule has 22 heavy (non-hydrogen) atoms. The minimum absolute atomic E-state index is 0.485. The third-order valence-corrected chi connectivity index (χ3v) is 4.36. The normalized spacial score (nSPS) is 10.7. The highest BCUT2D eigenvalue weighted by molar-refractivity contribution is 7.46. The fourth-order valence-electron chi connectivity index (χ4n) is 2.44. The minimum Gasteiger partial charge on any atom is -0.247 e. The van der Waals surface area contributed by atoms with E-state index in [1.165, 1.54) is 0 Å². The monoisotopic (exact) mass is 302 g/mol. The number of hydrogen-bond donors (Lipinski definition) is 0. The molecule has 0 saturated heterocycles. The van der Waals surface area contributed by atoms with E-state index in [9.17, 15) is 5.26 Å². The quantitative estimate of drug-likeness (QED) is 0.679. The van der Waals surface area contributed by atoms with Crippen LogP contribution in [0.2, 0.25) is 0 Å². The summed E-state index contributed by atoms with van der Waals surface area (Å²) in [4.78, 5) is 4.71. The van der Waals surface area contributed by atoms with Crippen LogP contribution in [-0.2, 0) is 0 Å². The SMILES string of the molecule is CPc1nc(-c2ccccc2)cc(-c2ccccc2)c1C#N. The molecule has 2 aromatic carbocycles. The average molecular weight is 302 g/mol. The molecule has 0 amide bonds. The topological polar surface area (TPSA) is 36.7 Å². The summed E-state index contributed by atoms with van der Waals surface area (Å²) < 4.78 is 0. The zero-order valence-electron chi connectivity index (χ0n) is 12.2.